The molecule has 0 amide bonds. The van der Waals surface area contributed by atoms with E-state index in [1.807, 2.05) is 17.5 Å². The molecule has 0 radical (unpaired) electrons. The molecule has 1 aromatic rings. The molecule has 1 aliphatic carbocycles. The third-order valence-electron chi connectivity index (χ3n) is 2.89. The van der Waals surface area contributed by atoms with E-state index in [9.17, 15) is 4.79 Å². The number of carbonyl (C=O) groups excluding carboxylic acids is 1. The van der Waals surface area contributed by atoms with Crippen LogP contribution in [-0.4, -0.2) is 5.97 Å². The van der Waals surface area contributed by atoms with Crippen LogP contribution in [0.15, 0.2) is 17.5 Å². The summed E-state index contributed by atoms with van der Waals surface area (Å²) in [5, 5.41) is 2.64. The first-order valence-electron chi connectivity index (χ1n) is 5.59. The van der Waals surface area contributed by atoms with Gasteiger partial charge in [-0.1, -0.05) is 19.3 Å². The van der Waals surface area contributed by atoms with Gasteiger partial charge < -0.3 is 4.74 Å². The molecule has 0 saturated heterocycles. The second kappa shape index (κ2) is 5.31. The van der Waals surface area contributed by atoms with Crippen LogP contribution in [0.1, 0.15) is 38.5 Å². The Kier molecular flexibility index (Phi) is 3.78. The lowest BCUT2D eigenvalue weighted by Gasteiger charge is -2.20. The van der Waals surface area contributed by atoms with Crippen LogP contribution in [0.3, 0.4) is 0 Å². The summed E-state index contributed by atoms with van der Waals surface area (Å²) in [5.41, 5.74) is 0. The first kappa shape index (κ1) is 10.7. The van der Waals surface area contributed by atoms with Crippen molar-refractivity contribution >= 4 is 17.3 Å². The van der Waals surface area contributed by atoms with Gasteiger partial charge in [-0.05, 0) is 36.3 Å². The van der Waals surface area contributed by atoms with Gasteiger partial charge in [0.15, 0.2) is 5.06 Å². The fraction of sp³-hybridized carbons (Fsp3) is 0.583. The molecule has 1 aromatic heterocycles. The minimum Gasteiger partial charge on any atom is -0.415 e. The van der Waals surface area contributed by atoms with Crippen LogP contribution in [0.4, 0.5) is 0 Å². The van der Waals surface area contributed by atoms with Crippen molar-refractivity contribution in [1.29, 1.82) is 0 Å². The minimum absolute atomic E-state index is 0.0654. The standard InChI is InChI=1S/C12H16O2S/c13-11(14-12-7-4-8-15-12)9-10-5-2-1-3-6-10/h4,7-8,10H,1-3,5-6,9H2. The molecule has 0 aliphatic heterocycles. The lowest BCUT2D eigenvalue weighted by atomic mass is 9.87. The molecule has 1 heterocycles. The van der Waals surface area contributed by atoms with Crippen LogP contribution in [0.5, 0.6) is 5.06 Å². The van der Waals surface area contributed by atoms with Gasteiger partial charge in [-0.25, -0.2) is 0 Å². The molecule has 82 valence electrons. The Hall–Kier alpha value is -0.830. The van der Waals surface area contributed by atoms with E-state index >= 15 is 0 Å². The Balaban J connectivity index is 1.76. The number of hydrogen-bond donors (Lipinski definition) is 0. The molecule has 2 rings (SSSR count). The Morgan fingerprint density at radius 2 is 2.20 bits per heavy atom. The van der Waals surface area contributed by atoms with Gasteiger partial charge in [-0.15, -0.1) is 11.3 Å². The first-order chi connectivity index (χ1) is 7.34. The maximum Gasteiger partial charge on any atom is 0.312 e. The number of ether oxygens (including phenoxy) is 1. The maximum atomic E-state index is 11.6. The molecule has 0 spiro atoms. The summed E-state index contributed by atoms with van der Waals surface area (Å²) in [7, 11) is 0. The third-order valence-corrected chi connectivity index (χ3v) is 3.63. The third kappa shape index (κ3) is 3.34. The SMILES string of the molecule is O=C(CC1CCCCC1)Oc1cccs1. The van der Waals surface area contributed by atoms with Crippen LogP contribution < -0.4 is 4.74 Å². The lowest BCUT2D eigenvalue weighted by molar-refractivity contribution is -0.135. The van der Waals surface area contributed by atoms with Crippen LogP contribution in [0.25, 0.3) is 0 Å². The van der Waals surface area contributed by atoms with Crippen LogP contribution in [0, 0.1) is 5.92 Å². The van der Waals surface area contributed by atoms with Crippen molar-refractivity contribution in [3.63, 3.8) is 0 Å². The highest BCUT2D eigenvalue weighted by Crippen LogP contribution is 2.27. The largest absolute Gasteiger partial charge is 0.415 e. The molecular formula is C12H16O2S. The molecule has 3 heteroatoms. The molecule has 2 nitrogen and oxygen atoms in total. The van der Waals surface area contributed by atoms with Crippen LogP contribution >= 0.6 is 11.3 Å². The van der Waals surface area contributed by atoms with Gasteiger partial charge in [0.2, 0.25) is 0 Å². The van der Waals surface area contributed by atoms with Crippen molar-refractivity contribution in [2.75, 3.05) is 0 Å². The normalized spacial score (nSPS) is 17.6. The molecule has 1 saturated carbocycles. The first-order valence-corrected chi connectivity index (χ1v) is 6.47. The van der Waals surface area contributed by atoms with E-state index in [1.165, 1.54) is 43.4 Å². The maximum absolute atomic E-state index is 11.6. The Morgan fingerprint density at radius 3 is 2.87 bits per heavy atom. The fourth-order valence-electron chi connectivity index (χ4n) is 2.10. The molecule has 1 aliphatic rings. The molecule has 0 bridgehead atoms. The zero-order valence-corrected chi connectivity index (χ0v) is 9.59. The topological polar surface area (TPSA) is 26.3 Å². The summed E-state index contributed by atoms with van der Waals surface area (Å²) >= 11 is 1.47. The average Bonchev–Trinajstić information content (AvgIpc) is 2.71. The fourth-order valence-corrected chi connectivity index (χ4v) is 2.69. The second-order valence-corrected chi connectivity index (χ2v) is 5.02. The van der Waals surface area contributed by atoms with Crippen molar-refractivity contribution in [1.82, 2.24) is 0 Å². The zero-order valence-electron chi connectivity index (χ0n) is 8.78. The molecule has 0 aromatic carbocycles. The van der Waals surface area contributed by atoms with Gasteiger partial charge in [-0.3, -0.25) is 4.79 Å². The van der Waals surface area contributed by atoms with Crippen molar-refractivity contribution in [3.8, 4) is 5.06 Å². The van der Waals surface area contributed by atoms with Crippen LogP contribution in [0.2, 0.25) is 0 Å². The Labute approximate surface area is 94.3 Å². The Morgan fingerprint density at radius 1 is 1.40 bits per heavy atom. The monoisotopic (exact) mass is 224 g/mol. The highest BCUT2D eigenvalue weighted by molar-refractivity contribution is 7.11. The molecule has 0 N–H and O–H groups in total. The smallest absolute Gasteiger partial charge is 0.312 e. The number of carbonyl (C=O) groups is 1. The summed E-state index contributed by atoms with van der Waals surface area (Å²) in [6, 6.07) is 3.73. The summed E-state index contributed by atoms with van der Waals surface area (Å²) in [4.78, 5) is 11.6. The molecule has 15 heavy (non-hydrogen) atoms. The van der Waals surface area contributed by atoms with Crippen molar-refractivity contribution in [2.24, 2.45) is 5.92 Å². The van der Waals surface area contributed by atoms with E-state index in [0.717, 1.165) is 5.06 Å². The number of hydrogen-bond acceptors (Lipinski definition) is 3. The lowest BCUT2D eigenvalue weighted by Crippen LogP contribution is -2.15. The van der Waals surface area contributed by atoms with E-state index in [2.05, 4.69) is 0 Å². The van der Waals surface area contributed by atoms with Gasteiger partial charge in [0.25, 0.3) is 0 Å². The predicted molar refractivity (Wildman–Crippen MR) is 61.1 cm³/mol. The zero-order chi connectivity index (χ0) is 10.5. The number of esters is 1. The molecule has 1 fully saturated rings. The molecule has 0 atom stereocenters. The minimum atomic E-state index is -0.0654. The molecule has 0 unspecified atom stereocenters. The van der Waals surface area contributed by atoms with Crippen molar-refractivity contribution in [2.45, 2.75) is 38.5 Å². The molecular weight excluding hydrogens is 208 g/mol. The Bertz CT molecular complexity index is 299. The van der Waals surface area contributed by atoms with Gasteiger partial charge in [0.1, 0.15) is 0 Å². The van der Waals surface area contributed by atoms with Gasteiger partial charge in [-0.2, -0.15) is 0 Å². The summed E-state index contributed by atoms with van der Waals surface area (Å²) in [6.45, 7) is 0. The summed E-state index contributed by atoms with van der Waals surface area (Å²) in [5.74, 6) is 0.496. The van der Waals surface area contributed by atoms with E-state index < -0.39 is 0 Å². The number of rotatable bonds is 3. The van der Waals surface area contributed by atoms with E-state index in [-0.39, 0.29) is 5.97 Å². The highest BCUT2D eigenvalue weighted by atomic mass is 32.1. The van der Waals surface area contributed by atoms with Crippen molar-refractivity contribution < 1.29 is 9.53 Å². The van der Waals surface area contributed by atoms with Gasteiger partial charge >= 0.3 is 5.97 Å². The van der Waals surface area contributed by atoms with Crippen LogP contribution in [-0.2, 0) is 4.79 Å². The van der Waals surface area contributed by atoms with E-state index in [0.29, 0.717) is 12.3 Å². The number of thiophene rings is 1. The van der Waals surface area contributed by atoms with Crippen molar-refractivity contribution in [3.05, 3.63) is 17.5 Å². The van der Waals surface area contributed by atoms with Gasteiger partial charge in [0.05, 0.1) is 0 Å². The summed E-state index contributed by atoms with van der Waals surface area (Å²) in [6.07, 6.45) is 6.86. The quantitative estimate of drug-likeness (QED) is 0.733. The van der Waals surface area contributed by atoms with E-state index in [4.69, 9.17) is 4.74 Å². The highest BCUT2D eigenvalue weighted by Gasteiger charge is 2.18. The van der Waals surface area contributed by atoms with Gasteiger partial charge in [0, 0.05) is 6.42 Å². The average molecular weight is 224 g/mol. The second-order valence-electron chi connectivity index (χ2n) is 4.11. The van der Waals surface area contributed by atoms with E-state index in [1.54, 1.807) is 0 Å². The predicted octanol–water partition coefficient (Wildman–Crippen LogP) is 3.62. The summed E-state index contributed by atoms with van der Waals surface area (Å²) < 4.78 is 5.24.